The second-order valence-electron chi connectivity index (χ2n) is 5.34. The number of amides is 1. The number of carboxylic acid groups (broad SMARTS) is 1. The van der Waals surface area contributed by atoms with Crippen LogP contribution in [0.25, 0.3) is 11.3 Å². The lowest BCUT2D eigenvalue weighted by molar-refractivity contribution is -0.154. The molecule has 1 saturated heterocycles. The van der Waals surface area contributed by atoms with E-state index in [0.717, 1.165) is 5.56 Å². The van der Waals surface area contributed by atoms with Crippen molar-refractivity contribution in [3.05, 3.63) is 36.0 Å². The van der Waals surface area contributed by atoms with Crippen molar-refractivity contribution in [2.45, 2.75) is 6.10 Å². The Kier molecular flexibility index (Phi) is 4.48. The second kappa shape index (κ2) is 6.71. The Hall–Kier alpha value is -2.87. The Labute approximate surface area is 138 Å². The van der Waals surface area contributed by atoms with Gasteiger partial charge in [0.25, 0.3) is 5.91 Å². The number of ether oxygens (including phenoxy) is 2. The number of aromatic amines is 1. The fourth-order valence-corrected chi connectivity index (χ4v) is 2.58. The van der Waals surface area contributed by atoms with Gasteiger partial charge in [-0.3, -0.25) is 9.89 Å². The van der Waals surface area contributed by atoms with Gasteiger partial charge < -0.3 is 19.5 Å². The molecular formula is C16H17N3O5. The van der Waals surface area contributed by atoms with E-state index in [1.54, 1.807) is 19.2 Å². The fourth-order valence-electron chi connectivity index (χ4n) is 2.58. The quantitative estimate of drug-likeness (QED) is 0.866. The largest absolute Gasteiger partial charge is 0.497 e. The number of morpholine rings is 1. The van der Waals surface area contributed by atoms with Crippen LogP contribution in [0.4, 0.5) is 0 Å². The van der Waals surface area contributed by atoms with Gasteiger partial charge >= 0.3 is 5.97 Å². The van der Waals surface area contributed by atoms with E-state index in [0.29, 0.717) is 23.6 Å². The Bertz CT molecular complexity index is 740. The third kappa shape index (κ3) is 3.09. The number of hydrogen-bond acceptors (Lipinski definition) is 5. The molecule has 8 nitrogen and oxygen atoms in total. The molecule has 24 heavy (non-hydrogen) atoms. The molecule has 0 radical (unpaired) electrons. The van der Waals surface area contributed by atoms with Crippen LogP contribution in [0.3, 0.4) is 0 Å². The number of aromatic nitrogens is 2. The molecule has 1 amide bonds. The van der Waals surface area contributed by atoms with Gasteiger partial charge in [0, 0.05) is 12.1 Å². The smallest absolute Gasteiger partial charge is 0.334 e. The molecule has 1 aliphatic rings. The first-order chi connectivity index (χ1) is 11.6. The number of rotatable bonds is 4. The third-order valence-corrected chi connectivity index (χ3v) is 3.88. The van der Waals surface area contributed by atoms with Crippen LogP contribution in [0.1, 0.15) is 10.4 Å². The average molecular weight is 331 g/mol. The molecule has 1 fully saturated rings. The van der Waals surface area contributed by atoms with Crippen molar-refractivity contribution in [1.82, 2.24) is 15.1 Å². The number of H-pyrrole nitrogens is 1. The average Bonchev–Trinajstić information content (AvgIpc) is 3.11. The predicted octanol–water partition coefficient (Wildman–Crippen LogP) is 1.01. The molecule has 1 unspecified atom stereocenters. The van der Waals surface area contributed by atoms with Crippen molar-refractivity contribution in [2.75, 3.05) is 26.8 Å². The number of nitrogens with one attached hydrogen (secondary N) is 1. The Balaban J connectivity index is 1.83. The first-order valence-corrected chi connectivity index (χ1v) is 7.41. The molecule has 2 aromatic rings. The maximum Gasteiger partial charge on any atom is 0.334 e. The van der Waals surface area contributed by atoms with Crippen molar-refractivity contribution in [3.63, 3.8) is 0 Å². The normalized spacial score (nSPS) is 17.5. The molecule has 0 spiro atoms. The maximum absolute atomic E-state index is 12.7. The van der Waals surface area contributed by atoms with Crippen molar-refractivity contribution in [1.29, 1.82) is 0 Å². The summed E-state index contributed by atoms with van der Waals surface area (Å²) in [5, 5.41) is 15.8. The Morgan fingerprint density at radius 1 is 1.38 bits per heavy atom. The van der Waals surface area contributed by atoms with E-state index in [9.17, 15) is 9.59 Å². The summed E-state index contributed by atoms with van der Waals surface area (Å²) < 4.78 is 10.3. The van der Waals surface area contributed by atoms with E-state index in [1.807, 2.05) is 12.1 Å². The van der Waals surface area contributed by atoms with Crippen LogP contribution in [-0.2, 0) is 9.53 Å². The number of aliphatic carboxylic acids is 1. The number of carboxylic acids is 1. The number of nitrogens with zero attached hydrogens (tertiary/aromatic N) is 2. The van der Waals surface area contributed by atoms with Gasteiger partial charge in [0.1, 0.15) is 5.75 Å². The molecule has 1 aromatic carbocycles. The topological polar surface area (TPSA) is 105 Å². The first-order valence-electron chi connectivity index (χ1n) is 7.41. The van der Waals surface area contributed by atoms with Gasteiger partial charge in [0.2, 0.25) is 0 Å². The number of benzene rings is 1. The van der Waals surface area contributed by atoms with E-state index in [-0.39, 0.29) is 19.1 Å². The molecule has 2 heterocycles. The lowest BCUT2D eigenvalue weighted by Gasteiger charge is -2.30. The minimum absolute atomic E-state index is 0.0153. The number of carbonyl (C=O) groups is 2. The molecule has 3 rings (SSSR count). The predicted molar refractivity (Wildman–Crippen MR) is 83.9 cm³/mol. The minimum Gasteiger partial charge on any atom is -0.497 e. The van der Waals surface area contributed by atoms with Gasteiger partial charge in [-0.2, -0.15) is 5.10 Å². The zero-order valence-electron chi connectivity index (χ0n) is 13.1. The second-order valence-corrected chi connectivity index (χ2v) is 5.34. The molecule has 1 aromatic heterocycles. The van der Waals surface area contributed by atoms with Gasteiger partial charge in [-0.05, 0) is 24.3 Å². The van der Waals surface area contributed by atoms with E-state index in [2.05, 4.69) is 10.2 Å². The highest BCUT2D eigenvalue weighted by molar-refractivity contribution is 6.00. The van der Waals surface area contributed by atoms with Crippen molar-refractivity contribution < 1.29 is 24.2 Å². The van der Waals surface area contributed by atoms with Crippen LogP contribution in [0.2, 0.25) is 0 Å². The molecule has 0 bridgehead atoms. The Morgan fingerprint density at radius 2 is 2.12 bits per heavy atom. The lowest BCUT2D eigenvalue weighted by atomic mass is 10.1. The first kappa shape index (κ1) is 16.0. The van der Waals surface area contributed by atoms with Crippen LogP contribution >= 0.6 is 0 Å². The maximum atomic E-state index is 12.7. The standard InChI is InChI=1S/C16H17N3O5/c1-23-11-4-2-10(3-5-11)14-12(8-17-18-14)15(20)19-6-7-24-13(9-19)16(21)22/h2-5,8,13H,6-7,9H2,1H3,(H,17,18)(H,21,22). The summed E-state index contributed by atoms with van der Waals surface area (Å²) >= 11 is 0. The molecule has 1 aliphatic heterocycles. The van der Waals surface area contributed by atoms with E-state index in [1.165, 1.54) is 11.1 Å². The van der Waals surface area contributed by atoms with Crippen molar-refractivity contribution in [2.24, 2.45) is 0 Å². The zero-order chi connectivity index (χ0) is 17.1. The summed E-state index contributed by atoms with van der Waals surface area (Å²) in [5.41, 5.74) is 1.77. The molecule has 1 atom stereocenters. The molecule has 0 aliphatic carbocycles. The summed E-state index contributed by atoms with van der Waals surface area (Å²) in [7, 11) is 1.58. The summed E-state index contributed by atoms with van der Waals surface area (Å²) in [6.07, 6.45) is 0.451. The molecule has 0 saturated carbocycles. The number of carbonyl (C=O) groups excluding carboxylic acids is 1. The molecule has 8 heteroatoms. The highest BCUT2D eigenvalue weighted by Crippen LogP contribution is 2.25. The molecule has 2 N–H and O–H groups in total. The Morgan fingerprint density at radius 3 is 2.79 bits per heavy atom. The van der Waals surface area contributed by atoms with E-state index < -0.39 is 12.1 Å². The molecular weight excluding hydrogens is 314 g/mol. The van der Waals surface area contributed by atoms with Crippen LogP contribution in [0, 0.1) is 0 Å². The van der Waals surface area contributed by atoms with Gasteiger partial charge in [0.15, 0.2) is 6.10 Å². The van der Waals surface area contributed by atoms with Crippen LogP contribution in [0.15, 0.2) is 30.5 Å². The lowest BCUT2D eigenvalue weighted by Crippen LogP contribution is -2.48. The van der Waals surface area contributed by atoms with Gasteiger partial charge in [-0.15, -0.1) is 0 Å². The van der Waals surface area contributed by atoms with Crippen LogP contribution in [0.5, 0.6) is 5.75 Å². The molecule has 126 valence electrons. The van der Waals surface area contributed by atoms with E-state index >= 15 is 0 Å². The SMILES string of the molecule is COc1ccc(-c2[nH]ncc2C(=O)N2CCOC(C(=O)O)C2)cc1. The van der Waals surface area contributed by atoms with Gasteiger partial charge in [-0.25, -0.2) is 4.79 Å². The van der Waals surface area contributed by atoms with Crippen molar-refractivity contribution >= 4 is 11.9 Å². The van der Waals surface area contributed by atoms with Crippen LogP contribution in [-0.4, -0.2) is 65.0 Å². The van der Waals surface area contributed by atoms with E-state index in [4.69, 9.17) is 14.6 Å². The summed E-state index contributed by atoms with van der Waals surface area (Å²) in [4.78, 5) is 25.3. The van der Waals surface area contributed by atoms with Crippen LogP contribution < -0.4 is 4.74 Å². The zero-order valence-corrected chi connectivity index (χ0v) is 13.1. The monoisotopic (exact) mass is 331 g/mol. The minimum atomic E-state index is -1.07. The summed E-state index contributed by atoms with van der Waals surface area (Å²) in [6, 6.07) is 7.23. The fraction of sp³-hybridized carbons (Fsp3) is 0.312. The van der Waals surface area contributed by atoms with Gasteiger partial charge in [0.05, 0.1) is 37.7 Å². The highest BCUT2D eigenvalue weighted by atomic mass is 16.5. The number of methoxy groups -OCH3 is 1. The van der Waals surface area contributed by atoms with Gasteiger partial charge in [-0.1, -0.05) is 0 Å². The number of hydrogen-bond donors (Lipinski definition) is 2. The highest BCUT2D eigenvalue weighted by Gasteiger charge is 2.31. The van der Waals surface area contributed by atoms with Crippen molar-refractivity contribution in [3.8, 4) is 17.0 Å². The third-order valence-electron chi connectivity index (χ3n) is 3.88. The summed E-state index contributed by atoms with van der Waals surface area (Å²) in [5.74, 6) is -0.636. The summed E-state index contributed by atoms with van der Waals surface area (Å²) in [6.45, 7) is 0.551.